The SMILES string of the molecule is COc1cc(NC(=O)c2ccc(F)cc2)c2ncccc2c1. The van der Waals surface area contributed by atoms with Crippen molar-refractivity contribution >= 4 is 22.5 Å². The first-order valence-electron chi connectivity index (χ1n) is 6.67. The number of pyridine rings is 1. The predicted octanol–water partition coefficient (Wildman–Crippen LogP) is 3.63. The van der Waals surface area contributed by atoms with Gasteiger partial charge in [-0.25, -0.2) is 4.39 Å². The van der Waals surface area contributed by atoms with Crippen LogP contribution in [-0.4, -0.2) is 18.0 Å². The van der Waals surface area contributed by atoms with Gasteiger partial charge in [-0.1, -0.05) is 6.07 Å². The van der Waals surface area contributed by atoms with E-state index in [4.69, 9.17) is 4.74 Å². The van der Waals surface area contributed by atoms with E-state index in [1.807, 2.05) is 18.2 Å². The number of carbonyl (C=O) groups is 1. The number of amides is 1. The van der Waals surface area contributed by atoms with Crippen LogP contribution in [0.25, 0.3) is 10.9 Å². The van der Waals surface area contributed by atoms with Crippen LogP contribution < -0.4 is 10.1 Å². The molecule has 22 heavy (non-hydrogen) atoms. The fraction of sp³-hybridized carbons (Fsp3) is 0.0588. The quantitative estimate of drug-likeness (QED) is 0.803. The summed E-state index contributed by atoms with van der Waals surface area (Å²) >= 11 is 0. The summed E-state index contributed by atoms with van der Waals surface area (Å²) in [6, 6.07) is 12.6. The molecule has 0 aliphatic carbocycles. The van der Waals surface area contributed by atoms with Crippen LogP contribution in [0.15, 0.2) is 54.7 Å². The van der Waals surface area contributed by atoms with Gasteiger partial charge >= 0.3 is 0 Å². The van der Waals surface area contributed by atoms with E-state index in [1.54, 1.807) is 19.4 Å². The zero-order chi connectivity index (χ0) is 15.5. The lowest BCUT2D eigenvalue weighted by molar-refractivity contribution is 0.102. The Bertz CT molecular complexity index is 832. The van der Waals surface area contributed by atoms with Gasteiger partial charge in [-0.2, -0.15) is 0 Å². The fourth-order valence-electron chi connectivity index (χ4n) is 2.17. The lowest BCUT2D eigenvalue weighted by Gasteiger charge is -2.10. The minimum absolute atomic E-state index is 0.333. The zero-order valence-corrected chi connectivity index (χ0v) is 11.8. The number of methoxy groups -OCH3 is 1. The first-order chi connectivity index (χ1) is 10.7. The molecule has 4 nitrogen and oxygen atoms in total. The van der Waals surface area contributed by atoms with Gasteiger partial charge in [0.1, 0.15) is 11.6 Å². The molecule has 0 bridgehead atoms. The van der Waals surface area contributed by atoms with E-state index in [0.717, 1.165) is 5.39 Å². The molecule has 3 aromatic rings. The van der Waals surface area contributed by atoms with E-state index < -0.39 is 0 Å². The standard InChI is InChI=1S/C17H13FN2O2/c1-22-14-9-12-3-2-8-19-16(12)15(10-14)20-17(21)11-4-6-13(18)7-5-11/h2-10H,1H3,(H,20,21). The summed E-state index contributed by atoms with van der Waals surface area (Å²) in [6.07, 6.45) is 1.66. The Morgan fingerprint density at radius 2 is 1.95 bits per heavy atom. The van der Waals surface area contributed by atoms with Gasteiger partial charge in [0.25, 0.3) is 5.91 Å². The van der Waals surface area contributed by atoms with Gasteiger partial charge < -0.3 is 10.1 Å². The summed E-state index contributed by atoms with van der Waals surface area (Å²) in [5, 5.41) is 3.65. The summed E-state index contributed by atoms with van der Waals surface area (Å²) in [5.74, 6) is -0.0971. The Morgan fingerprint density at radius 3 is 2.68 bits per heavy atom. The molecule has 1 N–H and O–H groups in total. The molecule has 110 valence electrons. The Hall–Kier alpha value is -2.95. The van der Waals surface area contributed by atoms with Crippen LogP contribution in [0.5, 0.6) is 5.75 Å². The van der Waals surface area contributed by atoms with Crippen LogP contribution in [0, 0.1) is 5.82 Å². The maximum atomic E-state index is 12.9. The van der Waals surface area contributed by atoms with Crippen LogP contribution >= 0.6 is 0 Å². The van der Waals surface area contributed by atoms with Gasteiger partial charge in [-0.05, 0) is 36.4 Å². The molecule has 5 heteroatoms. The molecule has 0 aliphatic heterocycles. The number of nitrogens with one attached hydrogen (secondary N) is 1. The molecule has 0 atom stereocenters. The third-order valence-electron chi connectivity index (χ3n) is 3.27. The van der Waals surface area contributed by atoms with Crippen molar-refractivity contribution in [3.63, 3.8) is 0 Å². The molecule has 0 saturated carbocycles. The smallest absolute Gasteiger partial charge is 0.255 e. The lowest BCUT2D eigenvalue weighted by Crippen LogP contribution is -2.12. The number of ether oxygens (including phenoxy) is 1. The van der Waals surface area contributed by atoms with E-state index in [-0.39, 0.29) is 11.7 Å². The summed E-state index contributed by atoms with van der Waals surface area (Å²) in [5.41, 5.74) is 1.58. The third kappa shape index (κ3) is 2.74. The normalized spacial score (nSPS) is 10.5. The molecular weight excluding hydrogens is 283 g/mol. The van der Waals surface area contributed by atoms with Crippen molar-refractivity contribution in [1.82, 2.24) is 4.98 Å². The van der Waals surface area contributed by atoms with Crippen molar-refractivity contribution in [2.45, 2.75) is 0 Å². The molecule has 0 spiro atoms. The lowest BCUT2D eigenvalue weighted by atomic mass is 10.1. The summed E-state index contributed by atoms with van der Waals surface area (Å²) in [7, 11) is 1.56. The molecule has 0 radical (unpaired) electrons. The number of anilines is 1. The number of aromatic nitrogens is 1. The Kier molecular flexibility index (Phi) is 3.70. The number of fused-ring (bicyclic) bond motifs is 1. The second kappa shape index (κ2) is 5.81. The second-order valence-electron chi connectivity index (χ2n) is 4.71. The van der Waals surface area contributed by atoms with Gasteiger partial charge in [0.15, 0.2) is 0 Å². The van der Waals surface area contributed by atoms with Crippen LogP contribution in [-0.2, 0) is 0 Å². The molecule has 2 aromatic carbocycles. The maximum Gasteiger partial charge on any atom is 0.255 e. The number of halogens is 1. The molecule has 0 aliphatic rings. The average Bonchev–Trinajstić information content (AvgIpc) is 2.55. The highest BCUT2D eigenvalue weighted by atomic mass is 19.1. The van der Waals surface area contributed by atoms with Gasteiger partial charge in [-0.15, -0.1) is 0 Å². The summed E-state index contributed by atoms with van der Waals surface area (Å²) < 4.78 is 18.2. The zero-order valence-electron chi connectivity index (χ0n) is 11.8. The van der Waals surface area contributed by atoms with Crippen molar-refractivity contribution in [2.24, 2.45) is 0 Å². The van der Waals surface area contributed by atoms with Gasteiger partial charge in [0, 0.05) is 23.2 Å². The molecule has 3 rings (SSSR count). The van der Waals surface area contributed by atoms with Crippen molar-refractivity contribution < 1.29 is 13.9 Å². The number of hydrogen-bond donors (Lipinski definition) is 1. The first-order valence-corrected chi connectivity index (χ1v) is 6.67. The summed E-state index contributed by atoms with van der Waals surface area (Å²) in [6.45, 7) is 0. The highest BCUT2D eigenvalue weighted by Crippen LogP contribution is 2.28. The number of nitrogens with zero attached hydrogens (tertiary/aromatic N) is 1. The molecule has 1 amide bonds. The predicted molar refractivity (Wildman–Crippen MR) is 82.6 cm³/mol. The van der Waals surface area contributed by atoms with E-state index in [9.17, 15) is 9.18 Å². The van der Waals surface area contributed by atoms with Crippen molar-refractivity contribution in [2.75, 3.05) is 12.4 Å². The van der Waals surface area contributed by atoms with Crippen LogP contribution in [0.3, 0.4) is 0 Å². The Morgan fingerprint density at radius 1 is 1.18 bits per heavy atom. The molecule has 0 saturated heterocycles. The molecular formula is C17H13FN2O2. The van der Waals surface area contributed by atoms with Crippen molar-refractivity contribution in [3.05, 3.63) is 66.1 Å². The molecule has 0 unspecified atom stereocenters. The number of hydrogen-bond acceptors (Lipinski definition) is 3. The van der Waals surface area contributed by atoms with Crippen LogP contribution in [0.1, 0.15) is 10.4 Å². The topological polar surface area (TPSA) is 51.2 Å². The van der Waals surface area contributed by atoms with E-state index in [2.05, 4.69) is 10.3 Å². The van der Waals surface area contributed by atoms with Crippen molar-refractivity contribution in [1.29, 1.82) is 0 Å². The fourth-order valence-corrected chi connectivity index (χ4v) is 2.17. The number of rotatable bonds is 3. The molecule has 1 aromatic heterocycles. The Labute approximate surface area is 126 Å². The maximum absolute atomic E-state index is 12.9. The van der Waals surface area contributed by atoms with Crippen molar-refractivity contribution in [3.8, 4) is 5.75 Å². The van der Waals surface area contributed by atoms with Gasteiger partial charge in [0.2, 0.25) is 0 Å². The highest BCUT2D eigenvalue weighted by Gasteiger charge is 2.11. The second-order valence-corrected chi connectivity index (χ2v) is 4.71. The first kappa shape index (κ1) is 14.0. The number of carbonyl (C=O) groups excluding carboxylic acids is 1. The van der Waals surface area contributed by atoms with E-state index in [1.165, 1.54) is 24.3 Å². The largest absolute Gasteiger partial charge is 0.497 e. The Balaban J connectivity index is 1.99. The third-order valence-corrected chi connectivity index (χ3v) is 3.27. The van der Waals surface area contributed by atoms with Crippen LogP contribution in [0.2, 0.25) is 0 Å². The minimum atomic E-state index is -0.384. The van der Waals surface area contributed by atoms with E-state index in [0.29, 0.717) is 22.5 Å². The van der Waals surface area contributed by atoms with Crippen LogP contribution in [0.4, 0.5) is 10.1 Å². The molecule has 1 heterocycles. The highest BCUT2D eigenvalue weighted by molar-refractivity contribution is 6.08. The summed E-state index contributed by atoms with van der Waals surface area (Å²) in [4.78, 5) is 16.6. The van der Waals surface area contributed by atoms with Gasteiger partial charge in [-0.3, -0.25) is 9.78 Å². The molecule has 0 fully saturated rings. The minimum Gasteiger partial charge on any atom is -0.497 e. The average molecular weight is 296 g/mol. The number of benzene rings is 2. The monoisotopic (exact) mass is 296 g/mol. The van der Waals surface area contributed by atoms with Gasteiger partial charge in [0.05, 0.1) is 18.3 Å². The van der Waals surface area contributed by atoms with E-state index >= 15 is 0 Å².